The minimum atomic E-state index is -2.67. The van der Waals surface area contributed by atoms with Crippen molar-refractivity contribution in [1.29, 1.82) is 0 Å². The zero-order chi connectivity index (χ0) is 10.2. The SMILES string of the molecule is COc1ccc2c(c1)SCCC2(F)F. The number of halogens is 2. The Morgan fingerprint density at radius 1 is 1.43 bits per heavy atom. The van der Waals surface area contributed by atoms with Crippen LogP contribution in [0.3, 0.4) is 0 Å². The lowest BCUT2D eigenvalue weighted by molar-refractivity contribution is -0.0116. The molecule has 1 aliphatic heterocycles. The molecule has 76 valence electrons. The monoisotopic (exact) mass is 216 g/mol. The fraction of sp³-hybridized carbons (Fsp3) is 0.400. The standard InChI is InChI=1S/C10H10F2OS/c1-13-7-2-3-8-9(6-7)14-5-4-10(8,11)12/h2-3,6H,4-5H2,1H3. The summed E-state index contributed by atoms with van der Waals surface area (Å²) >= 11 is 1.46. The number of alkyl halides is 2. The van der Waals surface area contributed by atoms with Crippen LogP contribution in [0.25, 0.3) is 0 Å². The molecule has 0 aromatic heterocycles. The molecule has 0 bridgehead atoms. The molecule has 14 heavy (non-hydrogen) atoms. The van der Waals surface area contributed by atoms with E-state index >= 15 is 0 Å². The average molecular weight is 216 g/mol. The Kier molecular flexibility index (Phi) is 2.39. The van der Waals surface area contributed by atoms with Gasteiger partial charge in [-0.05, 0) is 18.2 Å². The molecule has 0 unspecified atom stereocenters. The number of methoxy groups -OCH3 is 1. The third-order valence-electron chi connectivity index (χ3n) is 2.26. The van der Waals surface area contributed by atoms with E-state index in [1.807, 2.05) is 0 Å². The highest BCUT2D eigenvalue weighted by Crippen LogP contribution is 2.44. The molecule has 0 amide bonds. The summed E-state index contributed by atoms with van der Waals surface area (Å²) in [6.07, 6.45) is -0.0724. The van der Waals surface area contributed by atoms with Gasteiger partial charge >= 0.3 is 0 Å². The number of rotatable bonds is 1. The highest BCUT2D eigenvalue weighted by atomic mass is 32.2. The van der Waals surface area contributed by atoms with Gasteiger partial charge in [-0.2, -0.15) is 0 Å². The van der Waals surface area contributed by atoms with E-state index in [2.05, 4.69) is 0 Å². The van der Waals surface area contributed by atoms with E-state index in [1.165, 1.54) is 24.9 Å². The third-order valence-corrected chi connectivity index (χ3v) is 3.31. The first-order chi connectivity index (χ1) is 6.63. The number of hydrogen-bond acceptors (Lipinski definition) is 2. The van der Waals surface area contributed by atoms with Crippen LogP contribution in [0.4, 0.5) is 8.78 Å². The first-order valence-corrected chi connectivity index (χ1v) is 5.31. The van der Waals surface area contributed by atoms with E-state index < -0.39 is 5.92 Å². The van der Waals surface area contributed by atoms with Crippen LogP contribution in [-0.4, -0.2) is 12.9 Å². The van der Waals surface area contributed by atoms with Crippen molar-refractivity contribution in [3.63, 3.8) is 0 Å². The molecule has 1 heterocycles. The molecule has 0 fully saturated rings. The fourth-order valence-electron chi connectivity index (χ4n) is 1.48. The van der Waals surface area contributed by atoms with Crippen molar-refractivity contribution in [2.45, 2.75) is 17.2 Å². The lowest BCUT2D eigenvalue weighted by atomic mass is 10.1. The second kappa shape index (κ2) is 3.42. The van der Waals surface area contributed by atoms with Crippen LogP contribution in [0.5, 0.6) is 5.75 Å². The van der Waals surface area contributed by atoms with Gasteiger partial charge in [-0.3, -0.25) is 0 Å². The van der Waals surface area contributed by atoms with Crippen molar-refractivity contribution in [1.82, 2.24) is 0 Å². The molecule has 1 nitrogen and oxygen atoms in total. The van der Waals surface area contributed by atoms with Gasteiger partial charge in [0.2, 0.25) is 0 Å². The van der Waals surface area contributed by atoms with Gasteiger partial charge in [-0.25, -0.2) is 8.78 Å². The first-order valence-electron chi connectivity index (χ1n) is 4.32. The largest absolute Gasteiger partial charge is 0.497 e. The van der Waals surface area contributed by atoms with Crippen LogP contribution >= 0.6 is 11.8 Å². The average Bonchev–Trinajstić information content (AvgIpc) is 2.16. The lowest BCUT2D eigenvalue weighted by Gasteiger charge is -2.24. The first kappa shape index (κ1) is 9.77. The van der Waals surface area contributed by atoms with Crippen LogP contribution in [0, 0.1) is 0 Å². The van der Waals surface area contributed by atoms with Gasteiger partial charge in [0, 0.05) is 22.6 Å². The molecule has 0 radical (unpaired) electrons. The molecule has 1 aromatic carbocycles. The van der Waals surface area contributed by atoms with Crippen molar-refractivity contribution in [2.24, 2.45) is 0 Å². The van der Waals surface area contributed by atoms with Crippen molar-refractivity contribution >= 4 is 11.8 Å². The summed E-state index contributed by atoms with van der Waals surface area (Å²) in [5.74, 6) is -1.58. The van der Waals surface area contributed by atoms with Gasteiger partial charge in [0.15, 0.2) is 0 Å². The fourth-order valence-corrected chi connectivity index (χ4v) is 2.63. The smallest absolute Gasteiger partial charge is 0.275 e. The van der Waals surface area contributed by atoms with Crippen LogP contribution in [0.1, 0.15) is 12.0 Å². The molecule has 0 atom stereocenters. The van der Waals surface area contributed by atoms with Gasteiger partial charge in [-0.1, -0.05) is 0 Å². The van der Waals surface area contributed by atoms with E-state index in [-0.39, 0.29) is 12.0 Å². The summed E-state index contributed by atoms with van der Waals surface area (Å²) in [5.41, 5.74) is 0.134. The minimum Gasteiger partial charge on any atom is -0.497 e. The molecule has 4 heteroatoms. The third kappa shape index (κ3) is 1.59. The topological polar surface area (TPSA) is 9.23 Å². The molecule has 1 aliphatic rings. The van der Waals surface area contributed by atoms with Crippen molar-refractivity contribution in [3.05, 3.63) is 23.8 Å². The summed E-state index contributed by atoms with van der Waals surface area (Å²) in [6.45, 7) is 0. The van der Waals surface area contributed by atoms with Crippen LogP contribution in [0.15, 0.2) is 23.1 Å². The molecule has 1 aromatic rings. The quantitative estimate of drug-likeness (QED) is 0.712. The van der Waals surface area contributed by atoms with Crippen molar-refractivity contribution < 1.29 is 13.5 Å². The number of benzene rings is 1. The summed E-state index contributed by atoms with van der Waals surface area (Å²) in [6, 6.07) is 4.71. The Hall–Kier alpha value is -0.770. The summed E-state index contributed by atoms with van der Waals surface area (Å²) < 4.78 is 31.7. The van der Waals surface area contributed by atoms with Crippen LogP contribution < -0.4 is 4.74 Å². The highest BCUT2D eigenvalue weighted by Gasteiger charge is 2.36. The van der Waals surface area contributed by atoms with E-state index in [0.717, 1.165) is 0 Å². The second-order valence-electron chi connectivity index (χ2n) is 3.17. The Bertz CT molecular complexity index is 352. The molecule has 0 spiro atoms. The van der Waals surface area contributed by atoms with E-state index in [9.17, 15) is 8.78 Å². The minimum absolute atomic E-state index is 0.0724. The summed E-state index contributed by atoms with van der Waals surface area (Å²) in [5, 5.41) is 0. The van der Waals surface area contributed by atoms with Crippen molar-refractivity contribution in [2.75, 3.05) is 12.9 Å². The maximum atomic E-state index is 13.4. The van der Waals surface area contributed by atoms with Crippen LogP contribution in [0.2, 0.25) is 0 Å². The second-order valence-corrected chi connectivity index (χ2v) is 4.30. The molecule has 0 saturated heterocycles. The van der Waals surface area contributed by atoms with E-state index in [0.29, 0.717) is 16.4 Å². The van der Waals surface area contributed by atoms with Gasteiger partial charge in [0.05, 0.1) is 7.11 Å². The molecular weight excluding hydrogens is 206 g/mol. The molecule has 0 saturated carbocycles. The van der Waals surface area contributed by atoms with E-state index in [1.54, 1.807) is 12.1 Å². The Labute approximate surface area is 85.5 Å². The maximum absolute atomic E-state index is 13.4. The lowest BCUT2D eigenvalue weighted by Crippen LogP contribution is -2.19. The highest BCUT2D eigenvalue weighted by molar-refractivity contribution is 7.99. The van der Waals surface area contributed by atoms with Gasteiger partial charge in [0.25, 0.3) is 5.92 Å². The van der Waals surface area contributed by atoms with Crippen molar-refractivity contribution in [3.8, 4) is 5.75 Å². The molecule has 2 rings (SSSR count). The molecule has 0 N–H and O–H groups in total. The molecular formula is C10H10F2OS. The predicted molar refractivity (Wildman–Crippen MR) is 52.2 cm³/mol. The van der Waals surface area contributed by atoms with Gasteiger partial charge in [0.1, 0.15) is 5.75 Å². The Morgan fingerprint density at radius 2 is 2.21 bits per heavy atom. The molecule has 0 aliphatic carbocycles. The normalized spacial score (nSPS) is 18.8. The van der Waals surface area contributed by atoms with Crippen LogP contribution in [-0.2, 0) is 5.92 Å². The number of thioether (sulfide) groups is 1. The Morgan fingerprint density at radius 3 is 2.93 bits per heavy atom. The summed E-state index contributed by atoms with van der Waals surface area (Å²) in [7, 11) is 1.54. The van der Waals surface area contributed by atoms with E-state index in [4.69, 9.17) is 4.74 Å². The number of ether oxygens (including phenoxy) is 1. The zero-order valence-electron chi connectivity index (χ0n) is 7.72. The summed E-state index contributed by atoms with van der Waals surface area (Å²) in [4.78, 5) is 0.639. The predicted octanol–water partition coefficient (Wildman–Crippen LogP) is 3.28. The zero-order valence-corrected chi connectivity index (χ0v) is 8.54. The number of hydrogen-bond donors (Lipinski definition) is 0. The Balaban J connectivity index is 2.46. The van der Waals surface area contributed by atoms with Gasteiger partial charge < -0.3 is 4.74 Å². The number of fused-ring (bicyclic) bond motifs is 1. The maximum Gasteiger partial charge on any atom is 0.275 e. The van der Waals surface area contributed by atoms with Gasteiger partial charge in [-0.15, -0.1) is 11.8 Å².